The molecule has 0 N–H and O–H groups in total. The Bertz CT molecular complexity index is 855. The van der Waals surface area contributed by atoms with Gasteiger partial charge in [0, 0.05) is 29.3 Å². The predicted molar refractivity (Wildman–Crippen MR) is 111 cm³/mol. The molecule has 1 aromatic carbocycles. The highest BCUT2D eigenvalue weighted by atomic mass is 16.5. The van der Waals surface area contributed by atoms with Gasteiger partial charge in [-0.25, -0.2) is 0 Å². The van der Waals surface area contributed by atoms with Crippen LogP contribution in [0.4, 0.5) is 0 Å². The zero-order valence-corrected chi connectivity index (χ0v) is 17.6. The van der Waals surface area contributed by atoms with Crippen molar-refractivity contribution in [3.05, 3.63) is 35.0 Å². The molecule has 0 radical (unpaired) electrons. The van der Waals surface area contributed by atoms with E-state index in [1.165, 1.54) is 0 Å². The summed E-state index contributed by atoms with van der Waals surface area (Å²) in [5.74, 6) is -0.148. The summed E-state index contributed by atoms with van der Waals surface area (Å²) in [6, 6.07) is 5.55. The van der Waals surface area contributed by atoms with E-state index in [1.807, 2.05) is 32.0 Å². The first-order valence-electron chi connectivity index (χ1n) is 10.2. The van der Waals surface area contributed by atoms with Gasteiger partial charge in [-0.05, 0) is 43.9 Å². The van der Waals surface area contributed by atoms with Gasteiger partial charge >= 0.3 is 5.97 Å². The van der Waals surface area contributed by atoms with Crippen LogP contribution in [0.25, 0.3) is 0 Å². The first-order chi connectivity index (χ1) is 14.0. The molecule has 0 bridgehead atoms. The second-order valence-electron chi connectivity index (χ2n) is 7.48. The molecule has 0 spiro atoms. The van der Waals surface area contributed by atoms with Crippen molar-refractivity contribution in [3.8, 4) is 11.5 Å². The molecule has 29 heavy (non-hydrogen) atoms. The Balaban J connectivity index is 2.08. The topological polar surface area (TPSA) is 74.2 Å². The van der Waals surface area contributed by atoms with E-state index in [4.69, 9.17) is 14.2 Å². The van der Waals surface area contributed by atoms with Crippen LogP contribution < -0.4 is 9.47 Å². The molecule has 3 rings (SSSR count). The van der Waals surface area contributed by atoms with Crippen LogP contribution in [0, 0.1) is 5.92 Å². The minimum atomic E-state index is -0.620. The summed E-state index contributed by atoms with van der Waals surface area (Å²) in [6.07, 6.45) is 3.77. The van der Waals surface area contributed by atoms with Crippen molar-refractivity contribution in [2.24, 2.45) is 10.9 Å². The first-order valence-corrected chi connectivity index (χ1v) is 10.2. The number of hydrogen-bond donors (Lipinski definition) is 0. The van der Waals surface area contributed by atoms with E-state index in [2.05, 4.69) is 4.99 Å². The molecule has 6 nitrogen and oxygen atoms in total. The highest BCUT2D eigenvalue weighted by Crippen LogP contribution is 2.45. The Morgan fingerprint density at radius 3 is 2.62 bits per heavy atom. The fourth-order valence-electron chi connectivity index (χ4n) is 4.12. The highest BCUT2D eigenvalue weighted by Gasteiger charge is 2.43. The number of unbranched alkanes of at least 4 members (excludes halogenated alkanes) is 1. The highest BCUT2D eigenvalue weighted by molar-refractivity contribution is 6.08. The number of carbonyl (C=O) groups is 2. The maximum atomic E-state index is 13.0. The molecule has 0 saturated heterocycles. The summed E-state index contributed by atoms with van der Waals surface area (Å²) in [5.41, 5.74) is 2.97. The van der Waals surface area contributed by atoms with Crippen molar-refractivity contribution in [2.45, 2.75) is 51.9 Å². The molecule has 6 heteroatoms. The van der Waals surface area contributed by atoms with Crippen LogP contribution in [0.3, 0.4) is 0 Å². The Morgan fingerprint density at radius 1 is 1.17 bits per heavy atom. The molecule has 1 heterocycles. The zero-order valence-electron chi connectivity index (χ0n) is 17.6. The molecule has 156 valence electrons. The van der Waals surface area contributed by atoms with Crippen molar-refractivity contribution < 1.29 is 23.8 Å². The van der Waals surface area contributed by atoms with Crippen LogP contribution in [0.2, 0.25) is 0 Å². The molecular formula is C23H29NO5. The fraction of sp³-hybridized carbons (Fsp3) is 0.522. The molecule has 0 saturated carbocycles. The lowest BCUT2D eigenvalue weighted by Gasteiger charge is -2.34. The number of aliphatic imine (C=N–C) groups is 1. The van der Waals surface area contributed by atoms with E-state index in [9.17, 15) is 9.59 Å². The zero-order chi connectivity index (χ0) is 21.0. The molecule has 1 unspecified atom stereocenters. The second-order valence-corrected chi connectivity index (χ2v) is 7.48. The average Bonchev–Trinajstić information content (AvgIpc) is 2.72. The van der Waals surface area contributed by atoms with Crippen molar-refractivity contribution in [2.75, 3.05) is 20.8 Å². The van der Waals surface area contributed by atoms with E-state index >= 15 is 0 Å². The monoisotopic (exact) mass is 399 g/mol. The number of allylic oxidation sites excluding steroid dienone is 2. The van der Waals surface area contributed by atoms with Crippen LogP contribution in [-0.4, -0.2) is 38.3 Å². The van der Waals surface area contributed by atoms with Crippen molar-refractivity contribution >= 4 is 17.5 Å². The molecule has 2 aliphatic rings. The number of benzene rings is 1. The van der Waals surface area contributed by atoms with Crippen molar-refractivity contribution in [1.82, 2.24) is 0 Å². The van der Waals surface area contributed by atoms with E-state index in [0.717, 1.165) is 36.9 Å². The van der Waals surface area contributed by atoms with E-state index < -0.39 is 11.8 Å². The number of ether oxygens (including phenoxy) is 3. The molecule has 1 aromatic rings. The average molecular weight is 399 g/mol. The summed E-state index contributed by atoms with van der Waals surface area (Å²) >= 11 is 0. The van der Waals surface area contributed by atoms with Crippen molar-refractivity contribution in [1.29, 1.82) is 0 Å². The first kappa shape index (κ1) is 21.1. The van der Waals surface area contributed by atoms with Crippen LogP contribution in [0.5, 0.6) is 11.5 Å². The lowest BCUT2D eigenvalue weighted by atomic mass is 9.71. The maximum absolute atomic E-state index is 13.0. The molecule has 1 aliphatic carbocycles. The molecular weight excluding hydrogens is 370 g/mol. The predicted octanol–water partition coefficient (Wildman–Crippen LogP) is 4.23. The summed E-state index contributed by atoms with van der Waals surface area (Å²) in [5, 5.41) is 0. The largest absolute Gasteiger partial charge is 0.493 e. The van der Waals surface area contributed by atoms with Gasteiger partial charge in [0.05, 0.1) is 20.8 Å². The third kappa shape index (κ3) is 4.21. The smallest absolute Gasteiger partial charge is 0.315 e. The van der Waals surface area contributed by atoms with Gasteiger partial charge in [-0.1, -0.05) is 19.4 Å². The van der Waals surface area contributed by atoms with Gasteiger partial charge in [0.25, 0.3) is 0 Å². The molecule has 0 amide bonds. The lowest BCUT2D eigenvalue weighted by molar-refractivity contribution is -0.146. The third-order valence-electron chi connectivity index (χ3n) is 5.60. The number of methoxy groups -OCH3 is 2. The van der Waals surface area contributed by atoms with Crippen LogP contribution >= 0.6 is 0 Å². The SMILES string of the molecule is CCCCOC(=O)C1C(C)=NC2=C(C(=O)CCC2)[C@H]1c1ccc(OC)c(OC)c1. The number of nitrogens with zero attached hydrogens (tertiary/aromatic N) is 1. The maximum Gasteiger partial charge on any atom is 0.315 e. The molecule has 2 atom stereocenters. The van der Waals surface area contributed by atoms with E-state index in [1.54, 1.807) is 14.2 Å². The Morgan fingerprint density at radius 2 is 1.93 bits per heavy atom. The van der Waals surface area contributed by atoms with Gasteiger partial charge in [-0.3, -0.25) is 14.6 Å². The number of carbonyl (C=O) groups excluding carboxylic acids is 2. The number of Topliss-reactive ketones (excluding diaryl/α,β-unsaturated/α-hetero) is 1. The Hall–Kier alpha value is -2.63. The quantitative estimate of drug-likeness (QED) is 0.507. The fourth-order valence-corrected chi connectivity index (χ4v) is 4.12. The molecule has 0 aromatic heterocycles. The Kier molecular flexibility index (Phi) is 6.72. The minimum absolute atomic E-state index is 0.0636. The van der Waals surface area contributed by atoms with Gasteiger partial charge in [0.2, 0.25) is 0 Å². The number of rotatable bonds is 7. The number of ketones is 1. The van der Waals surface area contributed by atoms with Crippen LogP contribution in [-0.2, 0) is 14.3 Å². The summed E-state index contributed by atoms with van der Waals surface area (Å²) in [4.78, 5) is 30.6. The van der Waals surface area contributed by atoms with Crippen LogP contribution in [0.1, 0.15) is 57.4 Å². The standard InChI is InChI=1S/C23H29NO5/c1-5-6-12-29-23(26)20-14(2)24-16-8-7-9-17(25)22(16)21(20)15-10-11-18(27-3)19(13-15)28-4/h10-11,13,20-21H,5-9,12H2,1-4H3/t20?,21-/m0/s1. The van der Waals surface area contributed by atoms with E-state index in [-0.39, 0.29) is 11.8 Å². The Labute approximate surface area is 171 Å². The molecule has 1 aliphatic heterocycles. The second kappa shape index (κ2) is 9.25. The van der Waals surface area contributed by atoms with Gasteiger partial charge in [-0.15, -0.1) is 0 Å². The van der Waals surface area contributed by atoms with Crippen molar-refractivity contribution in [3.63, 3.8) is 0 Å². The van der Waals surface area contributed by atoms with Crippen LogP contribution in [0.15, 0.2) is 34.5 Å². The summed E-state index contributed by atoms with van der Waals surface area (Å²) in [7, 11) is 3.15. The van der Waals surface area contributed by atoms with Gasteiger partial charge in [0.15, 0.2) is 17.3 Å². The lowest BCUT2D eigenvalue weighted by Crippen LogP contribution is -2.37. The van der Waals surface area contributed by atoms with Gasteiger partial charge in [-0.2, -0.15) is 0 Å². The van der Waals surface area contributed by atoms with E-state index in [0.29, 0.717) is 35.8 Å². The normalized spacial score (nSPS) is 21.4. The van der Waals surface area contributed by atoms with Gasteiger partial charge in [0.1, 0.15) is 5.92 Å². The number of hydrogen-bond acceptors (Lipinski definition) is 6. The van der Waals surface area contributed by atoms with Gasteiger partial charge < -0.3 is 14.2 Å². The molecule has 0 fully saturated rings. The third-order valence-corrected chi connectivity index (χ3v) is 5.60. The minimum Gasteiger partial charge on any atom is -0.493 e. The summed E-state index contributed by atoms with van der Waals surface area (Å²) in [6.45, 7) is 4.27. The number of esters is 1. The summed E-state index contributed by atoms with van der Waals surface area (Å²) < 4.78 is 16.4.